The van der Waals surface area contributed by atoms with Crippen LogP contribution in [0.15, 0.2) is 0 Å². The van der Waals surface area contributed by atoms with E-state index in [1.165, 1.54) is 0 Å². The molecule has 6 unspecified atom stereocenters. The average Bonchev–Trinajstić information content (AvgIpc) is 2.64. The first-order valence-electron chi connectivity index (χ1n) is 6.60. The number of aliphatic carboxylic acids is 6. The molecule has 0 amide bonds. The van der Waals surface area contributed by atoms with E-state index in [1.807, 2.05) is 0 Å². The van der Waals surface area contributed by atoms with E-state index in [9.17, 15) is 59.4 Å². The van der Waals surface area contributed by atoms with Crippen LogP contribution in [-0.4, -0.2) is 116 Å². The van der Waals surface area contributed by atoms with Crippen molar-refractivity contribution < 1.29 is 237 Å². The summed E-state index contributed by atoms with van der Waals surface area (Å²) in [4.78, 5) is 59.2. The van der Waals surface area contributed by atoms with E-state index in [0.29, 0.717) is 0 Å². The Morgan fingerprint density at radius 3 is 0.395 bits per heavy atom. The number of carbonyl (C=O) groups excluding carboxylic acids is 6. The van der Waals surface area contributed by atoms with Crippen LogP contribution in [0.1, 0.15) is 0 Å². The predicted molar refractivity (Wildman–Crippen MR) is 108 cm³/mol. The molecule has 0 spiro atoms. The van der Waals surface area contributed by atoms with E-state index < -0.39 is 67.3 Å². The summed E-state index contributed by atoms with van der Waals surface area (Å²) in [6.45, 7) is 0. The minimum atomic E-state index is -1.65. The van der Waals surface area contributed by atoms with E-state index in [4.69, 9.17) is 0 Å². The zero-order valence-corrected chi connectivity index (χ0v) is 42.7. The standard InChI is InChI=1S/3C4H6O4S2.6Na.2Sb/c3*5-3(6)1(9)2(10)4(7)8;;;;;;;;/h3*1-2,9-10H,(H,5,6)(H,7,8);;;;;;;;/q;;;6*+1;2*+3/p-12. The Hall–Kier alpha value is 6.56. The Labute approximate surface area is 419 Å². The van der Waals surface area contributed by atoms with Crippen LogP contribution in [-0.2, 0) is 105 Å². The first kappa shape index (κ1) is 75.1. The number of carboxylic acid groups (broad SMARTS) is 6. The number of rotatable bonds is 9. The van der Waals surface area contributed by atoms with Crippen LogP contribution in [0.25, 0.3) is 0 Å². The second kappa shape index (κ2) is 43.6. The fourth-order valence-electron chi connectivity index (χ4n) is 0.742. The summed E-state index contributed by atoms with van der Waals surface area (Å²) in [6, 6.07) is 0. The summed E-state index contributed by atoms with van der Waals surface area (Å²) in [5, 5.41) is 49.6. The fraction of sp³-hybridized carbons (Fsp3) is 0.500. The molecule has 0 saturated heterocycles. The molecule has 0 heterocycles. The number of carboxylic acids is 6. The molecule has 0 aromatic carbocycles. The Morgan fingerprint density at radius 2 is 0.368 bits per heavy atom. The molecule has 0 aromatic rings. The Kier molecular flexibility index (Phi) is 86.0. The predicted octanol–water partition coefficient (Wildman–Crippen LogP) is -29.8. The summed E-state index contributed by atoms with van der Waals surface area (Å²) in [5.74, 6) is -9.92. The molecule has 0 bridgehead atoms. The minimum Gasteiger partial charge on any atom is -0.785 e. The van der Waals surface area contributed by atoms with Gasteiger partial charge < -0.3 is 135 Å². The first-order valence-corrected chi connectivity index (χ1v) is 9.42. The second-order valence-electron chi connectivity index (χ2n) is 4.44. The van der Waals surface area contributed by atoms with Crippen molar-refractivity contribution in [3.63, 3.8) is 0 Å². The number of hydrogen-bond acceptors (Lipinski definition) is 18. The molecule has 0 fully saturated rings. The van der Waals surface area contributed by atoms with Gasteiger partial charge in [-0.15, -0.1) is 31.5 Å². The zero-order chi connectivity index (χ0) is 24.9. The SMILES string of the molecule is O=C([O-])C([S-])C([S-])C(=O)[O-].O=C([O-])C([S-])C([S-])C(=O)[O-].O=C([O-])C([S-])C([S-])C(=O)[O-].[Na+].[Na+].[Na+].[Na+].[Na+].[Na+].[Sb+3].[Sb+3]. The van der Waals surface area contributed by atoms with Gasteiger partial charge in [-0.3, -0.25) is 0 Å². The molecule has 0 aliphatic carbocycles. The molecule has 4 radical (unpaired) electrons. The van der Waals surface area contributed by atoms with Crippen LogP contribution < -0.4 is 208 Å². The quantitative estimate of drug-likeness (QED) is 0.154. The molecular weight excluding hydrogens is 910 g/mol. The summed E-state index contributed by atoms with van der Waals surface area (Å²) >= 11 is 25.0. The largest absolute Gasteiger partial charge is 3.00 e. The van der Waals surface area contributed by atoms with Crippen molar-refractivity contribution in [3.05, 3.63) is 0 Å². The van der Waals surface area contributed by atoms with Crippen LogP contribution in [0.2, 0.25) is 0 Å². The maximum atomic E-state index is 9.87. The fourth-order valence-corrected chi connectivity index (χ4v) is 1.41. The molecule has 0 saturated carbocycles. The van der Waals surface area contributed by atoms with E-state index >= 15 is 0 Å². The monoisotopic (exact) mass is 914 g/mol. The molecule has 38 heavy (non-hydrogen) atoms. The Balaban J connectivity index is -0.0000000289. The van der Waals surface area contributed by atoms with E-state index in [1.54, 1.807) is 0 Å². The molecule has 0 aliphatic heterocycles. The molecule has 0 N–H and O–H groups in total. The van der Waals surface area contributed by atoms with Crippen molar-refractivity contribution in [2.75, 3.05) is 0 Å². The number of carbonyl (C=O) groups is 6. The molecule has 26 heteroatoms. The van der Waals surface area contributed by atoms with Gasteiger partial charge in [-0.05, 0) is 0 Å². The maximum Gasteiger partial charge on any atom is 3.00 e. The second-order valence-corrected chi connectivity index (χ2v) is 7.49. The van der Waals surface area contributed by atoms with Crippen LogP contribution in [0.5, 0.6) is 0 Å². The van der Waals surface area contributed by atoms with Crippen molar-refractivity contribution in [1.29, 1.82) is 0 Å². The molecule has 12 nitrogen and oxygen atoms in total. The molecule has 6 atom stereocenters. The zero-order valence-electron chi connectivity index (χ0n) is 20.7. The third kappa shape index (κ3) is 40.6. The Morgan fingerprint density at radius 1 is 0.316 bits per heavy atom. The van der Waals surface area contributed by atoms with Gasteiger partial charge in [0.1, 0.15) is 0 Å². The Bertz CT molecular complexity index is 538. The van der Waals surface area contributed by atoms with Crippen LogP contribution in [0, 0.1) is 0 Å². The van der Waals surface area contributed by atoms with Gasteiger partial charge in [0.25, 0.3) is 0 Å². The van der Waals surface area contributed by atoms with Gasteiger partial charge in [-0.2, -0.15) is 0 Å². The molecule has 0 aromatic heterocycles. The molecule has 178 valence electrons. The van der Waals surface area contributed by atoms with Gasteiger partial charge in [0.05, 0.1) is 0 Å². The van der Waals surface area contributed by atoms with Crippen LogP contribution in [0.4, 0.5) is 0 Å². The van der Waals surface area contributed by atoms with Crippen molar-refractivity contribution in [2.24, 2.45) is 0 Å². The summed E-state index contributed by atoms with van der Waals surface area (Å²) in [5.41, 5.74) is 0. The van der Waals surface area contributed by atoms with Gasteiger partial charge in [-0.1, -0.05) is 0 Å². The maximum absolute atomic E-state index is 9.87. The van der Waals surface area contributed by atoms with Crippen LogP contribution in [0.3, 0.4) is 0 Å². The smallest absolute Gasteiger partial charge is 0.785 e. The molecule has 0 rings (SSSR count). The first-order chi connectivity index (χ1) is 13.4. The summed E-state index contributed by atoms with van der Waals surface area (Å²) in [7, 11) is 0. The average molecular weight is 916 g/mol. The molecular formula is C12H6Na6O12S6Sb2. The number of hydrogen-bond donors (Lipinski definition) is 0. The van der Waals surface area contributed by atoms with Gasteiger partial charge >= 0.3 is 226 Å². The van der Waals surface area contributed by atoms with Crippen molar-refractivity contribution >= 4 is 160 Å². The van der Waals surface area contributed by atoms with Gasteiger partial charge in [0.15, 0.2) is 0 Å². The summed E-state index contributed by atoms with van der Waals surface area (Å²) < 4.78 is 0. The van der Waals surface area contributed by atoms with Crippen molar-refractivity contribution in [3.8, 4) is 0 Å². The topological polar surface area (TPSA) is 241 Å². The van der Waals surface area contributed by atoms with Crippen molar-refractivity contribution in [2.45, 2.75) is 31.5 Å². The van der Waals surface area contributed by atoms with Crippen molar-refractivity contribution in [1.82, 2.24) is 0 Å². The van der Waals surface area contributed by atoms with Gasteiger partial charge in [0.2, 0.25) is 0 Å². The third-order valence-electron chi connectivity index (χ3n) is 2.22. The summed E-state index contributed by atoms with van der Waals surface area (Å²) in [6.07, 6.45) is 0. The molecule has 0 aliphatic rings. The minimum absolute atomic E-state index is 0. The normalized spacial score (nSPS) is 12.5. The van der Waals surface area contributed by atoms with E-state index in [0.717, 1.165) is 0 Å². The van der Waals surface area contributed by atoms with Gasteiger partial charge in [-0.25, -0.2) is 0 Å². The van der Waals surface area contributed by atoms with Gasteiger partial charge in [0, 0.05) is 35.8 Å². The van der Waals surface area contributed by atoms with E-state index in [-0.39, 0.29) is 226 Å². The van der Waals surface area contributed by atoms with E-state index in [2.05, 4.69) is 75.8 Å². The van der Waals surface area contributed by atoms with Crippen LogP contribution >= 0.6 is 0 Å². The third-order valence-corrected chi connectivity index (χ3v) is 5.52.